The van der Waals surface area contributed by atoms with Gasteiger partial charge in [0.25, 0.3) is 0 Å². The third-order valence-corrected chi connectivity index (χ3v) is 11.1. The molecular formula is C44H45N5O2. The largest absolute Gasteiger partial charge is 0.465 e. The predicted octanol–water partition coefficient (Wildman–Crippen LogP) is 10.6. The third kappa shape index (κ3) is 5.48. The number of benzene rings is 2. The van der Waals surface area contributed by atoms with E-state index in [-0.39, 0.29) is 5.97 Å². The minimum Gasteiger partial charge on any atom is -0.465 e. The molecule has 7 heteroatoms. The van der Waals surface area contributed by atoms with Crippen LogP contribution in [0.15, 0.2) is 60.7 Å². The molecule has 5 heterocycles. The molecule has 7 rings (SSSR count). The van der Waals surface area contributed by atoms with Crippen molar-refractivity contribution in [2.45, 2.75) is 55.4 Å². The van der Waals surface area contributed by atoms with Gasteiger partial charge in [-0.2, -0.15) is 0 Å². The highest BCUT2D eigenvalue weighted by molar-refractivity contribution is 6.03. The zero-order chi connectivity index (χ0) is 36.5. The maximum atomic E-state index is 12.3. The fourth-order valence-electron chi connectivity index (χ4n) is 7.19. The minimum atomic E-state index is -0.363. The van der Waals surface area contributed by atoms with E-state index in [0.717, 1.165) is 106 Å². The SMILES string of the molecule is COC(=O)c1ccc(-c2c3nc(cc4[nH]c(c(C)c4C)c(-c4ccc(N(C)C)cc4)c4nc(cc5[nH]c2c(C)c5C)C(C)=C4C)C(C)=C3C)cc1. The highest BCUT2D eigenvalue weighted by Crippen LogP contribution is 2.42. The number of hydrogen-bond acceptors (Lipinski definition) is 5. The Morgan fingerprint density at radius 3 is 1.39 bits per heavy atom. The molecule has 2 aliphatic heterocycles. The average Bonchev–Trinajstić information content (AvgIpc) is 3.76. The molecule has 2 N–H and O–H groups in total. The molecule has 51 heavy (non-hydrogen) atoms. The van der Waals surface area contributed by atoms with E-state index in [9.17, 15) is 4.79 Å². The van der Waals surface area contributed by atoms with Crippen LogP contribution in [0.4, 0.5) is 5.69 Å². The zero-order valence-electron chi connectivity index (χ0n) is 31.4. The molecule has 0 saturated carbocycles. The van der Waals surface area contributed by atoms with Crippen LogP contribution in [0.3, 0.4) is 0 Å². The Bertz CT molecular complexity index is 2510. The Labute approximate surface area is 299 Å². The molecule has 5 aromatic rings. The maximum absolute atomic E-state index is 12.3. The smallest absolute Gasteiger partial charge is 0.337 e. The van der Waals surface area contributed by atoms with Gasteiger partial charge in [-0.25, -0.2) is 14.8 Å². The maximum Gasteiger partial charge on any atom is 0.337 e. The highest BCUT2D eigenvalue weighted by Gasteiger charge is 2.24. The van der Waals surface area contributed by atoms with Crippen molar-refractivity contribution in [3.8, 4) is 22.3 Å². The van der Waals surface area contributed by atoms with Gasteiger partial charge in [-0.05, 0) is 147 Å². The summed E-state index contributed by atoms with van der Waals surface area (Å²) in [7, 11) is 5.53. The van der Waals surface area contributed by atoms with E-state index in [1.54, 1.807) is 0 Å². The Balaban J connectivity index is 1.66. The first-order valence-electron chi connectivity index (χ1n) is 17.4. The first-order chi connectivity index (χ1) is 24.3. The van der Waals surface area contributed by atoms with Crippen molar-refractivity contribution < 1.29 is 9.53 Å². The number of aromatic amines is 2. The number of ether oxygens (including phenoxy) is 1. The molecule has 2 aliphatic rings. The molecule has 0 amide bonds. The third-order valence-electron chi connectivity index (χ3n) is 11.1. The van der Waals surface area contributed by atoms with E-state index < -0.39 is 0 Å². The van der Waals surface area contributed by atoms with Gasteiger partial charge in [-0.3, -0.25) is 0 Å². The fraction of sp³-hybridized carbons (Fsp3) is 0.250. The Morgan fingerprint density at radius 2 is 1.00 bits per heavy atom. The van der Waals surface area contributed by atoms with E-state index in [4.69, 9.17) is 14.7 Å². The molecular weight excluding hydrogens is 631 g/mol. The number of esters is 1. The normalized spacial score (nSPS) is 12.9. The molecule has 0 unspecified atom stereocenters. The molecule has 3 aromatic heterocycles. The second-order valence-electron chi connectivity index (χ2n) is 14.1. The summed E-state index contributed by atoms with van der Waals surface area (Å²) in [6.45, 7) is 17.3. The lowest BCUT2D eigenvalue weighted by Crippen LogP contribution is -2.07. The first kappa shape index (κ1) is 33.8. The van der Waals surface area contributed by atoms with Crippen molar-refractivity contribution in [2.75, 3.05) is 26.1 Å². The van der Waals surface area contributed by atoms with Crippen LogP contribution in [0, 0.1) is 27.7 Å². The number of rotatable bonds is 4. The summed E-state index contributed by atoms with van der Waals surface area (Å²) in [5.41, 5.74) is 22.8. The van der Waals surface area contributed by atoms with Gasteiger partial charge < -0.3 is 19.6 Å². The van der Waals surface area contributed by atoms with Gasteiger partial charge in [0.05, 0.1) is 46.5 Å². The minimum absolute atomic E-state index is 0.363. The van der Waals surface area contributed by atoms with E-state index in [0.29, 0.717) is 5.56 Å². The Kier molecular flexibility index (Phi) is 8.33. The predicted molar refractivity (Wildman–Crippen MR) is 213 cm³/mol. The van der Waals surface area contributed by atoms with Gasteiger partial charge >= 0.3 is 5.97 Å². The summed E-state index contributed by atoms with van der Waals surface area (Å²) >= 11 is 0. The van der Waals surface area contributed by atoms with Crippen LogP contribution in [0.25, 0.3) is 66.6 Å². The molecule has 7 nitrogen and oxygen atoms in total. The van der Waals surface area contributed by atoms with Crippen LogP contribution < -0.4 is 4.90 Å². The lowest BCUT2D eigenvalue weighted by atomic mass is 9.96. The summed E-state index contributed by atoms with van der Waals surface area (Å²) in [5, 5.41) is 0. The second kappa shape index (κ2) is 12.6. The monoisotopic (exact) mass is 675 g/mol. The molecule has 0 aliphatic carbocycles. The Morgan fingerprint density at radius 1 is 0.588 bits per heavy atom. The summed E-state index contributed by atoms with van der Waals surface area (Å²) in [6.07, 6.45) is 0. The molecule has 0 saturated heterocycles. The van der Waals surface area contributed by atoms with Gasteiger partial charge in [0.1, 0.15) is 0 Å². The standard InChI is InChI=1S/C44H45N5O2/c1-22-26(5)40-38(30-12-14-32(15-13-30)44(50)51-11)41-27(6)23(2)35(46-41)21-37-25(4)29(8)43(48-37)39(31-16-18-33(19-17-31)49(9)10)42-28(7)24(3)36(47-42)20-34(22)45-40/h12-21,45,48H,1-11H3. The van der Waals surface area contributed by atoms with Gasteiger partial charge in [0.2, 0.25) is 0 Å². The molecule has 0 radical (unpaired) electrons. The summed E-state index contributed by atoms with van der Waals surface area (Å²) in [4.78, 5) is 32.9. The summed E-state index contributed by atoms with van der Waals surface area (Å²) in [6, 6.07) is 20.7. The van der Waals surface area contributed by atoms with Gasteiger partial charge in [-0.1, -0.05) is 24.3 Å². The van der Waals surface area contributed by atoms with Crippen molar-refractivity contribution in [1.82, 2.24) is 19.9 Å². The lowest BCUT2D eigenvalue weighted by Gasteiger charge is -2.14. The van der Waals surface area contributed by atoms with Crippen LogP contribution in [0.2, 0.25) is 0 Å². The number of H-pyrrole nitrogens is 2. The van der Waals surface area contributed by atoms with E-state index >= 15 is 0 Å². The van der Waals surface area contributed by atoms with Crippen molar-refractivity contribution in [2.24, 2.45) is 0 Å². The van der Waals surface area contributed by atoms with Crippen molar-refractivity contribution >= 4 is 56.0 Å². The topological polar surface area (TPSA) is 86.9 Å². The highest BCUT2D eigenvalue weighted by atomic mass is 16.5. The number of nitrogens with zero attached hydrogens (tertiary/aromatic N) is 3. The van der Waals surface area contributed by atoms with Gasteiger partial charge in [0.15, 0.2) is 0 Å². The number of hydrogen-bond donors (Lipinski definition) is 2. The van der Waals surface area contributed by atoms with E-state index in [2.05, 4.69) is 121 Å². The number of aryl methyl sites for hydroxylation is 4. The molecule has 0 fully saturated rings. The van der Waals surface area contributed by atoms with Crippen LogP contribution in [0.5, 0.6) is 0 Å². The molecule has 8 bridgehead atoms. The average molecular weight is 676 g/mol. The molecule has 0 atom stereocenters. The second-order valence-corrected chi connectivity index (χ2v) is 14.1. The lowest BCUT2D eigenvalue weighted by molar-refractivity contribution is 0.0600. The molecule has 0 spiro atoms. The fourth-order valence-corrected chi connectivity index (χ4v) is 7.19. The number of carbonyl (C=O) groups excluding carboxylic acids is 1. The van der Waals surface area contributed by atoms with Crippen LogP contribution in [-0.4, -0.2) is 47.1 Å². The van der Waals surface area contributed by atoms with E-state index in [1.807, 2.05) is 24.3 Å². The number of carbonyl (C=O) groups is 1. The van der Waals surface area contributed by atoms with Crippen LogP contribution in [0.1, 0.15) is 83.1 Å². The molecule has 258 valence electrons. The van der Waals surface area contributed by atoms with Crippen molar-refractivity contribution in [3.63, 3.8) is 0 Å². The number of nitrogens with one attached hydrogen (secondary N) is 2. The number of allylic oxidation sites excluding steroid dienone is 4. The van der Waals surface area contributed by atoms with Crippen molar-refractivity contribution in [3.05, 3.63) is 111 Å². The van der Waals surface area contributed by atoms with Crippen LogP contribution >= 0.6 is 0 Å². The number of fused-ring (bicyclic) bond motifs is 8. The first-order valence-corrected chi connectivity index (χ1v) is 17.4. The van der Waals surface area contributed by atoms with Crippen molar-refractivity contribution in [1.29, 1.82) is 0 Å². The molecule has 2 aromatic carbocycles. The summed E-state index contributed by atoms with van der Waals surface area (Å²) < 4.78 is 4.99. The number of methoxy groups -OCH3 is 1. The Hall–Kier alpha value is -5.69. The quantitative estimate of drug-likeness (QED) is 0.185. The number of anilines is 1. The van der Waals surface area contributed by atoms with Gasteiger partial charge in [-0.15, -0.1) is 0 Å². The van der Waals surface area contributed by atoms with Gasteiger partial charge in [0, 0.05) is 41.9 Å². The van der Waals surface area contributed by atoms with Crippen LogP contribution in [-0.2, 0) is 4.74 Å². The zero-order valence-corrected chi connectivity index (χ0v) is 31.4. The summed E-state index contributed by atoms with van der Waals surface area (Å²) in [5.74, 6) is -0.363. The number of aromatic nitrogens is 4. The van der Waals surface area contributed by atoms with E-state index in [1.165, 1.54) is 18.2 Å².